The molecule has 1 unspecified atom stereocenters. The first kappa shape index (κ1) is 14.8. The van der Waals surface area contributed by atoms with E-state index in [0.717, 1.165) is 13.1 Å². The monoisotopic (exact) mass is 278 g/mol. The highest BCUT2D eigenvalue weighted by Crippen LogP contribution is 2.13. The lowest BCUT2D eigenvalue weighted by atomic mass is 10.2. The normalized spacial score (nSPS) is 20.1. The number of benzene rings is 1. The van der Waals surface area contributed by atoms with Gasteiger partial charge in [-0.05, 0) is 32.5 Å². The summed E-state index contributed by atoms with van der Waals surface area (Å²) in [5.41, 5.74) is 0.647. The second-order valence-electron chi connectivity index (χ2n) is 5.17. The number of halogens is 1. The largest absolute Gasteiger partial charge is 0.355 e. The quantitative estimate of drug-likeness (QED) is 0.649. The molecule has 5 heteroatoms. The lowest BCUT2D eigenvalue weighted by Crippen LogP contribution is -2.43. The van der Waals surface area contributed by atoms with Crippen LogP contribution in [-0.2, 0) is 6.54 Å². The molecule has 1 saturated heterocycles. The van der Waals surface area contributed by atoms with Crippen LogP contribution in [0.1, 0.15) is 18.4 Å². The van der Waals surface area contributed by atoms with E-state index in [2.05, 4.69) is 27.6 Å². The average molecular weight is 278 g/mol. The topological polar surface area (TPSA) is 39.7 Å². The van der Waals surface area contributed by atoms with Gasteiger partial charge in [0.15, 0.2) is 5.96 Å². The molecule has 1 aliphatic heterocycles. The van der Waals surface area contributed by atoms with E-state index >= 15 is 0 Å². The summed E-state index contributed by atoms with van der Waals surface area (Å²) in [6, 6.07) is 7.34. The minimum atomic E-state index is -0.189. The molecule has 1 aliphatic rings. The van der Waals surface area contributed by atoms with Gasteiger partial charge in [0.2, 0.25) is 0 Å². The van der Waals surface area contributed by atoms with E-state index < -0.39 is 0 Å². The predicted octanol–water partition coefficient (Wildman–Crippen LogP) is 1.58. The molecule has 0 saturated carbocycles. The number of guanidine groups is 1. The van der Waals surface area contributed by atoms with E-state index in [4.69, 9.17) is 0 Å². The molecule has 0 aromatic heterocycles. The minimum Gasteiger partial charge on any atom is -0.355 e. The number of nitrogens with zero attached hydrogens (tertiary/aromatic N) is 2. The van der Waals surface area contributed by atoms with Gasteiger partial charge in [0.05, 0.1) is 0 Å². The zero-order valence-electron chi connectivity index (χ0n) is 12.2. The molecule has 4 nitrogen and oxygen atoms in total. The summed E-state index contributed by atoms with van der Waals surface area (Å²) >= 11 is 0. The number of hydrogen-bond donors (Lipinski definition) is 2. The summed E-state index contributed by atoms with van der Waals surface area (Å²) in [7, 11) is 3.88. The Bertz CT molecular complexity index is 461. The van der Waals surface area contributed by atoms with Crippen LogP contribution in [0.5, 0.6) is 0 Å². The summed E-state index contributed by atoms with van der Waals surface area (Å²) in [6.45, 7) is 2.47. The third kappa shape index (κ3) is 3.93. The highest BCUT2D eigenvalue weighted by atomic mass is 19.1. The Hall–Kier alpha value is -1.62. The number of likely N-dealkylation sites (N-methyl/N-ethyl adjacent to an activating group) is 1. The zero-order valence-corrected chi connectivity index (χ0v) is 12.2. The maximum Gasteiger partial charge on any atom is 0.191 e. The third-order valence-electron chi connectivity index (χ3n) is 3.80. The van der Waals surface area contributed by atoms with Crippen molar-refractivity contribution in [2.45, 2.75) is 25.4 Å². The van der Waals surface area contributed by atoms with Gasteiger partial charge >= 0.3 is 0 Å². The fourth-order valence-electron chi connectivity index (χ4n) is 2.49. The van der Waals surface area contributed by atoms with Crippen molar-refractivity contribution in [3.63, 3.8) is 0 Å². The van der Waals surface area contributed by atoms with Crippen molar-refractivity contribution in [1.82, 2.24) is 15.5 Å². The van der Waals surface area contributed by atoms with Crippen LogP contribution in [0.3, 0.4) is 0 Å². The van der Waals surface area contributed by atoms with Crippen LogP contribution in [0, 0.1) is 5.82 Å². The summed E-state index contributed by atoms with van der Waals surface area (Å²) in [6.07, 6.45) is 2.47. The molecule has 1 heterocycles. The Morgan fingerprint density at radius 1 is 1.40 bits per heavy atom. The van der Waals surface area contributed by atoms with Gasteiger partial charge in [-0.1, -0.05) is 18.2 Å². The molecular weight excluding hydrogens is 255 g/mol. The van der Waals surface area contributed by atoms with Gasteiger partial charge in [0, 0.05) is 31.7 Å². The molecule has 1 aromatic rings. The first-order valence-electron chi connectivity index (χ1n) is 7.09. The Labute approximate surface area is 120 Å². The van der Waals surface area contributed by atoms with Crippen LogP contribution in [0.2, 0.25) is 0 Å². The summed E-state index contributed by atoms with van der Waals surface area (Å²) in [5, 5.41) is 6.45. The van der Waals surface area contributed by atoms with Crippen LogP contribution < -0.4 is 10.6 Å². The Morgan fingerprint density at radius 3 is 2.85 bits per heavy atom. The van der Waals surface area contributed by atoms with Crippen LogP contribution in [0.25, 0.3) is 0 Å². The average Bonchev–Trinajstić information content (AvgIpc) is 2.86. The lowest BCUT2D eigenvalue weighted by Gasteiger charge is -2.21. The van der Waals surface area contributed by atoms with Crippen molar-refractivity contribution >= 4 is 5.96 Å². The summed E-state index contributed by atoms with van der Waals surface area (Å²) in [5.74, 6) is 0.527. The number of nitrogens with one attached hydrogen (secondary N) is 2. The van der Waals surface area contributed by atoms with Crippen molar-refractivity contribution < 1.29 is 4.39 Å². The van der Waals surface area contributed by atoms with Crippen molar-refractivity contribution in [3.05, 3.63) is 35.6 Å². The SMILES string of the molecule is CN=C(NCc1ccccc1F)NCC1CCCN1C. The number of likely N-dealkylation sites (tertiary alicyclic amines) is 1. The van der Waals surface area contributed by atoms with E-state index in [-0.39, 0.29) is 5.82 Å². The van der Waals surface area contributed by atoms with Crippen molar-refractivity contribution in [2.24, 2.45) is 4.99 Å². The van der Waals surface area contributed by atoms with Crippen molar-refractivity contribution in [3.8, 4) is 0 Å². The first-order chi connectivity index (χ1) is 9.70. The maximum absolute atomic E-state index is 13.5. The molecule has 0 bridgehead atoms. The molecule has 0 amide bonds. The Balaban J connectivity index is 1.80. The summed E-state index contributed by atoms with van der Waals surface area (Å²) in [4.78, 5) is 6.53. The van der Waals surface area contributed by atoms with Gasteiger partial charge in [-0.2, -0.15) is 0 Å². The highest BCUT2D eigenvalue weighted by Gasteiger charge is 2.20. The van der Waals surface area contributed by atoms with E-state index in [1.807, 2.05) is 6.07 Å². The molecule has 1 aromatic carbocycles. The fraction of sp³-hybridized carbons (Fsp3) is 0.533. The van der Waals surface area contributed by atoms with Gasteiger partial charge in [0.25, 0.3) is 0 Å². The standard InChI is InChI=1S/C15H23FN4/c1-17-15(19-11-13-7-5-9-20(13)2)18-10-12-6-3-4-8-14(12)16/h3-4,6,8,13H,5,7,9-11H2,1-2H3,(H2,17,18,19). The number of aliphatic imine (C=N–C) groups is 1. The van der Waals surface area contributed by atoms with Crippen molar-refractivity contribution in [1.29, 1.82) is 0 Å². The Morgan fingerprint density at radius 2 is 2.20 bits per heavy atom. The van der Waals surface area contributed by atoms with Crippen molar-refractivity contribution in [2.75, 3.05) is 27.2 Å². The van der Waals surface area contributed by atoms with Gasteiger partial charge in [-0.15, -0.1) is 0 Å². The molecule has 2 N–H and O–H groups in total. The van der Waals surface area contributed by atoms with E-state index in [1.165, 1.54) is 18.9 Å². The van der Waals surface area contributed by atoms with Crippen LogP contribution >= 0.6 is 0 Å². The van der Waals surface area contributed by atoms with Gasteiger partial charge in [-0.3, -0.25) is 4.99 Å². The maximum atomic E-state index is 13.5. The van der Waals surface area contributed by atoms with Crippen LogP contribution in [0.4, 0.5) is 4.39 Å². The second-order valence-corrected chi connectivity index (χ2v) is 5.17. The van der Waals surface area contributed by atoms with E-state index in [0.29, 0.717) is 24.1 Å². The molecule has 0 radical (unpaired) electrons. The fourth-order valence-corrected chi connectivity index (χ4v) is 2.49. The van der Waals surface area contributed by atoms with Gasteiger partial charge in [-0.25, -0.2) is 4.39 Å². The summed E-state index contributed by atoms with van der Waals surface area (Å²) < 4.78 is 13.5. The smallest absolute Gasteiger partial charge is 0.191 e. The van der Waals surface area contributed by atoms with Gasteiger partial charge < -0.3 is 15.5 Å². The van der Waals surface area contributed by atoms with E-state index in [1.54, 1.807) is 19.2 Å². The zero-order chi connectivity index (χ0) is 14.4. The first-order valence-corrected chi connectivity index (χ1v) is 7.09. The number of hydrogen-bond acceptors (Lipinski definition) is 2. The van der Waals surface area contributed by atoms with Crippen LogP contribution in [0.15, 0.2) is 29.3 Å². The molecule has 2 rings (SSSR count). The second kappa shape index (κ2) is 7.24. The molecule has 1 fully saturated rings. The third-order valence-corrected chi connectivity index (χ3v) is 3.80. The minimum absolute atomic E-state index is 0.189. The lowest BCUT2D eigenvalue weighted by molar-refractivity contribution is 0.309. The van der Waals surface area contributed by atoms with Gasteiger partial charge in [0.1, 0.15) is 5.82 Å². The highest BCUT2D eigenvalue weighted by molar-refractivity contribution is 5.79. The molecule has 1 atom stereocenters. The Kier molecular flexibility index (Phi) is 5.35. The molecular formula is C15H23FN4. The molecule has 110 valence electrons. The number of rotatable bonds is 4. The van der Waals surface area contributed by atoms with E-state index in [9.17, 15) is 4.39 Å². The molecule has 20 heavy (non-hydrogen) atoms. The molecule has 0 spiro atoms. The molecule has 0 aliphatic carbocycles. The predicted molar refractivity (Wildman–Crippen MR) is 80.3 cm³/mol. The van der Waals surface area contributed by atoms with Crippen LogP contribution in [-0.4, -0.2) is 44.1 Å².